The van der Waals surface area contributed by atoms with Gasteiger partial charge in [0.1, 0.15) is 0 Å². The van der Waals surface area contributed by atoms with Crippen LogP contribution in [-0.4, -0.2) is 21.5 Å². The molecule has 24 heavy (non-hydrogen) atoms. The Labute approximate surface area is 142 Å². The monoisotopic (exact) mass is 344 g/mol. The lowest BCUT2D eigenvalue weighted by Crippen LogP contribution is -2.06. The van der Waals surface area contributed by atoms with E-state index < -0.39 is 7.60 Å². The Morgan fingerprint density at radius 2 is 1.75 bits per heavy atom. The fourth-order valence-corrected chi connectivity index (χ4v) is 3.73. The topological polar surface area (TPSA) is 82.9 Å². The Morgan fingerprint density at radius 3 is 2.29 bits per heavy atom. The summed E-state index contributed by atoms with van der Waals surface area (Å²) in [7, 11) is -3.67. The molecule has 2 aromatic rings. The molecule has 0 aliphatic carbocycles. The summed E-state index contributed by atoms with van der Waals surface area (Å²) < 4.78 is 17.3. The number of hydrogen-bond acceptors (Lipinski definition) is 2. The third-order valence-corrected chi connectivity index (χ3v) is 5.13. The Hall–Kier alpha value is -2.03. The molecular weight excluding hydrogens is 323 g/mol. The highest BCUT2D eigenvalue weighted by Crippen LogP contribution is 2.47. The fourth-order valence-electron chi connectivity index (χ4n) is 2.27. The average molecular weight is 344 g/mol. The molecular formula is C18H21N2O3P. The van der Waals surface area contributed by atoms with Crippen LogP contribution in [0.4, 0.5) is 0 Å². The first-order valence-corrected chi connectivity index (χ1v) is 9.58. The van der Waals surface area contributed by atoms with Gasteiger partial charge in [-0.05, 0) is 43.2 Å². The maximum atomic E-state index is 12.1. The molecule has 0 spiro atoms. The van der Waals surface area contributed by atoms with Crippen molar-refractivity contribution in [2.45, 2.75) is 32.5 Å². The van der Waals surface area contributed by atoms with Gasteiger partial charge in [-0.2, -0.15) is 4.79 Å². The lowest BCUT2D eigenvalue weighted by Gasteiger charge is -2.16. The van der Waals surface area contributed by atoms with Crippen LogP contribution in [0.1, 0.15) is 37.0 Å². The number of nitrogens with zero attached hydrogens (tertiary/aromatic N) is 2. The van der Waals surface area contributed by atoms with Crippen LogP contribution >= 0.6 is 7.60 Å². The van der Waals surface area contributed by atoms with Gasteiger partial charge in [-0.25, -0.2) is 0 Å². The average Bonchev–Trinajstić information content (AvgIpc) is 2.57. The van der Waals surface area contributed by atoms with Crippen LogP contribution in [0, 0.1) is 0 Å². The zero-order valence-corrected chi connectivity index (χ0v) is 14.7. The second kappa shape index (κ2) is 8.18. The lowest BCUT2D eigenvalue weighted by molar-refractivity contribution is -0.00279. The van der Waals surface area contributed by atoms with Gasteiger partial charge in [-0.1, -0.05) is 37.3 Å². The quantitative estimate of drug-likeness (QED) is 0.353. The first-order chi connectivity index (χ1) is 11.4. The largest absolute Gasteiger partial charge is 0.361 e. The second-order valence-corrected chi connectivity index (χ2v) is 7.43. The first-order valence-electron chi connectivity index (χ1n) is 7.82. The third kappa shape index (κ3) is 4.98. The molecule has 0 amide bonds. The van der Waals surface area contributed by atoms with Crippen molar-refractivity contribution in [3.05, 3.63) is 76.8 Å². The molecule has 0 saturated heterocycles. The van der Waals surface area contributed by atoms with E-state index >= 15 is 0 Å². The van der Waals surface area contributed by atoms with Gasteiger partial charge >= 0.3 is 13.3 Å². The SMILES string of the molecule is CCC(C)OP(=O)(O)Cc1ccc(C(=[N+]=[N-])c2ccccc2)cc1. The summed E-state index contributed by atoms with van der Waals surface area (Å²) in [6.07, 6.45) is 0.372. The van der Waals surface area contributed by atoms with Crippen LogP contribution in [0.25, 0.3) is 5.53 Å². The van der Waals surface area contributed by atoms with Gasteiger partial charge in [0.2, 0.25) is 0 Å². The van der Waals surface area contributed by atoms with Crippen molar-refractivity contribution in [1.82, 2.24) is 0 Å². The zero-order chi connectivity index (χ0) is 17.6. The van der Waals surface area contributed by atoms with Gasteiger partial charge in [0.05, 0.1) is 23.4 Å². The maximum absolute atomic E-state index is 12.1. The Balaban J connectivity index is 2.16. The van der Waals surface area contributed by atoms with Crippen LogP contribution in [0.15, 0.2) is 54.6 Å². The van der Waals surface area contributed by atoms with E-state index in [2.05, 4.69) is 4.79 Å². The molecule has 126 valence electrons. The third-order valence-electron chi connectivity index (χ3n) is 3.68. The van der Waals surface area contributed by atoms with Crippen LogP contribution < -0.4 is 0 Å². The second-order valence-electron chi connectivity index (χ2n) is 5.63. The maximum Gasteiger partial charge on any atom is 0.332 e. The smallest absolute Gasteiger partial charge is 0.332 e. The standard InChI is InChI=1S/C18H21N2O3P/c1-3-14(2)23-24(21,22)13-15-9-11-17(12-10-15)18(20-19)16-7-5-4-6-8-16/h4-12,14H,3,13H2,1-2H3,(H,21,22). The van der Waals surface area contributed by atoms with Crippen molar-refractivity contribution < 1.29 is 18.8 Å². The minimum Gasteiger partial charge on any atom is -0.361 e. The minimum atomic E-state index is -3.67. The van der Waals surface area contributed by atoms with Gasteiger partial charge < -0.3 is 14.9 Å². The van der Waals surface area contributed by atoms with E-state index in [4.69, 9.17) is 4.52 Å². The highest BCUT2D eigenvalue weighted by Gasteiger charge is 2.23. The summed E-state index contributed by atoms with van der Waals surface area (Å²) in [6.45, 7) is 3.68. The summed E-state index contributed by atoms with van der Waals surface area (Å²) in [5.41, 5.74) is 12.0. The van der Waals surface area contributed by atoms with E-state index in [1.807, 2.05) is 37.3 Å². The molecule has 0 radical (unpaired) electrons. The van der Waals surface area contributed by atoms with Crippen molar-refractivity contribution in [2.75, 3.05) is 0 Å². The van der Waals surface area contributed by atoms with Gasteiger partial charge in [0, 0.05) is 0 Å². The van der Waals surface area contributed by atoms with E-state index in [0.717, 1.165) is 11.1 Å². The summed E-state index contributed by atoms with van der Waals surface area (Å²) in [6, 6.07) is 16.3. The van der Waals surface area contributed by atoms with Crippen molar-refractivity contribution in [3.8, 4) is 0 Å². The summed E-state index contributed by atoms with van der Waals surface area (Å²) in [5, 5.41) is 0. The molecule has 5 nitrogen and oxygen atoms in total. The van der Waals surface area contributed by atoms with Crippen LogP contribution in [-0.2, 0) is 15.3 Å². The summed E-state index contributed by atoms with van der Waals surface area (Å²) in [4.78, 5) is 13.3. The van der Waals surface area contributed by atoms with Crippen LogP contribution in [0.3, 0.4) is 0 Å². The van der Waals surface area contributed by atoms with Crippen molar-refractivity contribution in [3.63, 3.8) is 0 Å². The molecule has 1 N–H and O–H groups in total. The zero-order valence-electron chi connectivity index (χ0n) is 13.8. The molecule has 2 atom stereocenters. The first kappa shape index (κ1) is 18.3. The molecule has 2 rings (SSSR count). The van der Waals surface area contributed by atoms with E-state index in [0.29, 0.717) is 17.7 Å². The van der Waals surface area contributed by atoms with Crippen molar-refractivity contribution in [1.29, 1.82) is 0 Å². The molecule has 2 unspecified atom stereocenters. The highest BCUT2D eigenvalue weighted by atomic mass is 31.2. The molecule has 0 saturated carbocycles. The molecule has 0 aliphatic heterocycles. The Bertz CT molecular complexity index is 769. The highest BCUT2D eigenvalue weighted by molar-refractivity contribution is 7.51. The van der Waals surface area contributed by atoms with E-state index in [1.165, 1.54) is 0 Å². The normalized spacial score (nSPS) is 14.5. The summed E-state index contributed by atoms with van der Waals surface area (Å²) >= 11 is 0. The van der Waals surface area contributed by atoms with Gasteiger partial charge in [-0.15, -0.1) is 0 Å². The molecule has 0 aliphatic rings. The van der Waals surface area contributed by atoms with Crippen LogP contribution in [0.5, 0.6) is 0 Å². The molecule has 0 heterocycles. The predicted octanol–water partition coefficient (Wildman–Crippen LogP) is 4.25. The van der Waals surface area contributed by atoms with Gasteiger partial charge in [0.25, 0.3) is 0 Å². The van der Waals surface area contributed by atoms with Crippen LogP contribution in [0.2, 0.25) is 0 Å². The van der Waals surface area contributed by atoms with Gasteiger partial charge in [0.15, 0.2) is 0 Å². The van der Waals surface area contributed by atoms with Crippen molar-refractivity contribution in [2.24, 2.45) is 0 Å². The number of hydrogen-bond donors (Lipinski definition) is 1. The Kier molecular flexibility index (Phi) is 6.24. The summed E-state index contributed by atoms with van der Waals surface area (Å²) in [5.74, 6) is 0. The molecule has 0 aromatic heterocycles. The molecule has 0 fully saturated rings. The number of rotatable bonds is 7. The number of benzene rings is 2. The van der Waals surface area contributed by atoms with E-state index in [1.54, 1.807) is 31.2 Å². The van der Waals surface area contributed by atoms with E-state index in [-0.39, 0.29) is 12.3 Å². The molecule has 2 aromatic carbocycles. The Morgan fingerprint density at radius 1 is 1.17 bits per heavy atom. The van der Waals surface area contributed by atoms with Gasteiger partial charge in [-0.3, -0.25) is 4.57 Å². The molecule has 6 heteroatoms. The van der Waals surface area contributed by atoms with E-state index in [9.17, 15) is 15.0 Å². The van der Waals surface area contributed by atoms with Crippen molar-refractivity contribution >= 4 is 13.3 Å². The minimum absolute atomic E-state index is 0.0471. The fraction of sp³-hybridized carbons (Fsp3) is 0.278. The lowest BCUT2D eigenvalue weighted by atomic mass is 10.0. The molecule has 0 bridgehead atoms. The predicted molar refractivity (Wildman–Crippen MR) is 94.1 cm³/mol.